The molecule has 1 aromatic rings. The van der Waals surface area contributed by atoms with Crippen molar-refractivity contribution in [1.29, 1.82) is 0 Å². The van der Waals surface area contributed by atoms with Crippen molar-refractivity contribution in [3.63, 3.8) is 0 Å². The molecule has 1 spiro atoms. The largest absolute Gasteiger partial charge is 0.396 e. The van der Waals surface area contributed by atoms with Gasteiger partial charge in [0.05, 0.1) is 0 Å². The van der Waals surface area contributed by atoms with Crippen LogP contribution in [0.1, 0.15) is 30.5 Å². The average Bonchev–Trinajstić information content (AvgIpc) is 3.00. The van der Waals surface area contributed by atoms with E-state index in [-0.39, 0.29) is 6.61 Å². The van der Waals surface area contributed by atoms with Crippen molar-refractivity contribution >= 4 is 5.82 Å². The van der Waals surface area contributed by atoms with Crippen LogP contribution in [0, 0.1) is 0 Å². The number of aliphatic hydroxyl groups excluding tert-OH is 1. The third-order valence-corrected chi connectivity index (χ3v) is 3.64. The summed E-state index contributed by atoms with van der Waals surface area (Å²) in [5.41, 5.74) is 2.85. The van der Waals surface area contributed by atoms with Crippen LogP contribution in [0.4, 0.5) is 5.82 Å². The highest BCUT2D eigenvalue weighted by atomic mass is 16.3. The normalized spacial score (nSPS) is 20.9. The fourth-order valence-corrected chi connectivity index (χ4v) is 2.54. The van der Waals surface area contributed by atoms with Crippen molar-refractivity contribution in [2.24, 2.45) is 0 Å². The maximum atomic E-state index is 8.88. The van der Waals surface area contributed by atoms with Gasteiger partial charge in [-0.3, -0.25) is 0 Å². The molecule has 0 atom stereocenters. The van der Waals surface area contributed by atoms with Gasteiger partial charge >= 0.3 is 0 Å². The van der Waals surface area contributed by atoms with Crippen molar-refractivity contribution in [1.82, 2.24) is 4.98 Å². The van der Waals surface area contributed by atoms with E-state index in [0.29, 0.717) is 11.8 Å². The van der Waals surface area contributed by atoms with E-state index in [2.05, 4.69) is 22.4 Å². The van der Waals surface area contributed by atoms with Gasteiger partial charge in [0.15, 0.2) is 0 Å². The zero-order chi connectivity index (χ0) is 10.3. The molecule has 0 aromatic carbocycles. The molecule has 3 heteroatoms. The van der Waals surface area contributed by atoms with Crippen LogP contribution in [0.15, 0.2) is 12.1 Å². The predicted molar refractivity (Wildman–Crippen MR) is 59.0 cm³/mol. The highest BCUT2D eigenvalue weighted by Gasteiger charge is 2.47. The molecule has 0 saturated heterocycles. The molecule has 1 aliphatic carbocycles. The van der Waals surface area contributed by atoms with Gasteiger partial charge in [0, 0.05) is 36.2 Å². The lowest BCUT2D eigenvalue weighted by Crippen LogP contribution is -2.23. The van der Waals surface area contributed by atoms with Gasteiger partial charge in [-0.25, -0.2) is 4.98 Å². The van der Waals surface area contributed by atoms with Crippen LogP contribution in [-0.4, -0.2) is 23.2 Å². The van der Waals surface area contributed by atoms with Crippen molar-refractivity contribution in [3.8, 4) is 0 Å². The molecule has 3 nitrogen and oxygen atoms in total. The summed E-state index contributed by atoms with van der Waals surface area (Å²) in [6, 6.07) is 4.26. The summed E-state index contributed by atoms with van der Waals surface area (Å²) >= 11 is 0. The summed E-state index contributed by atoms with van der Waals surface area (Å²) in [5, 5.41) is 12.2. The van der Waals surface area contributed by atoms with E-state index >= 15 is 0 Å². The molecule has 2 heterocycles. The van der Waals surface area contributed by atoms with Crippen LogP contribution < -0.4 is 5.32 Å². The van der Waals surface area contributed by atoms with E-state index in [1.807, 2.05) is 0 Å². The summed E-state index contributed by atoms with van der Waals surface area (Å²) in [6.45, 7) is 1.22. The molecule has 2 N–H and O–H groups in total. The minimum absolute atomic E-state index is 0.178. The Labute approximate surface area is 89.5 Å². The number of anilines is 1. The Morgan fingerprint density at radius 3 is 2.93 bits per heavy atom. The second-order valence-electron chi connectivity index (χ2n) is 4.63. The minimum Gasteiger partial charge on any atom is -0.396 e. The van der Waals surface area contributed by atoms with Crippen molar-refractivity contribution in [2.45, 2.75) is 31.1 Å². The van der Waals surface area contributed by atoms with Crippen LogP contribution in [-0.2, 0) is 11.8 Å². The predicted octanol–water partition coefficient (Wildman–Crippen LogP) is 1.46. The number of pyridine rings is 1. The molecule has 1 aliphatic heterocycles. The van der Waals surface area contributed by atoms with E-state index in [4.69, 9.17) is 5.11 Å². The Balaban J connectivity index is 1.98. The number of hydrogen-bond acceptors (Lipinski definition) is 3. The highest BCUT2D eigenvalue weighted by Crippen LogP contribution is 2.54. The Bertz CT molecular complexity index is 385. The van der Waals surface area contributed by atoms with Crippen LogP contribution in [0.2, 0.25) is 0 Å². The Morgan fingerprint density at radius 2 is 2.20 bits per heavy atom. The lowest BCUT2D eigenvalue weighted by molar-refractivity contribution is 0.298. The lowest BCUT2D eigenvalue weighted by atomic mass is 9.90. The molecule has 0 bridgehead atoms. The van der Waals surface area contributed by atoms with E-state index < -0.39 is 0 Å². The van der Waals surface area contributed by atoms with Crippen LogP contribution >= 0.6 is 0 Å². The number of hydrogen-bond donors (Lipinski definition) is 2. The number of aliphatic hydroxyl groups is 1. The molecular formula is C12H16N2O. The van der Waals surface area contributed by atoms with Crippen molar-refractivity contribution < 1.29 is 5.11 Å². The summed E-state index contributed by atoms with van der Waals surface area (Å²) in [5.74, 6) is 1.06. The Morgan fingerprint density at radius 1 is 1.33 bits per heavy atom. The number of fused-ring (bicyclic) bond motifs is 2. The second kappa shape index (κ2) is 3.20. The van der Waals surface area contributed by atoms with E-state index in [1.54, 1.807) is 0 Å². The van der Waals surface area contributed by atoms with Gasteiger partial charge in [0.2, 0.25) is 0 Å². The molecule has 1 saturated carbocycles. The first-order valence-corrected chi connectivity index (χ1v) is 5.69. The van der Waals surface area contributed by atoms with Gasteiger partial charge < -0.3 is 10.4 Å². The zero-order valence-electron chi connectivity index (χ0n) is 8.79. The molecule has 0 amide bonds. The molecule has 1 fully saturated rings. The van der Waals surface area contributed by atoms with Crippen LogP contribution in [0.25, 0.3) is 0 Å². The number of nitrogens with one attached hydrogen (secondary N) is 1. The maximum absolute atomic E-state index is 8.88. The quantitative estimate of drug-likeness (QED) is 0.766. The summed E-state index contributed by atoms with van der Waals surface area (Å²) in [7, 11) is 0. The van der Waals surface area contributed by atoms with Gasteiger partial charge in [0.25, 0.3) is 0 Å². The Hall–Kier alpha value is -1.09. The first-order chi connectivity index (χ1) is 7.34. The van der Waals surface area contributed by atoms with Gasteiger partial charge in [-0.05, 0) is 25.3 Å². The first kappa shape index (κ1) is 9.16. The van der Waals surface area contributed by atoms with E-state index in [1.165, 1.54) is 24.8 Å². The fourth-order valence-electron chi connectivity index (χ4n) is 2.54. The van der Waals surface area contributed by atoms with E-state index in [9.17, 15) is 0 Å². The zero-order valence-corrected chi connectivity index (χ0v) is 8.79. The molecule has 15 heavy (non-hydrogen) atoms. The van der Waals surface area contributed by atoms with Gasteiger partial charge in [-0.1, -0.05) is 6.07 Å². The third kappa shape index (κ3) is 1.42. The minimum atomic E-state index is 0.178. The SMILES string of the molecule is OCCc1ccc2c(n1)NCCC21CC1. The molecule has 0 unspecified atom stereocenters. The summed E-state index contributed by atoms with van der Waals surface area (Å²) < 4.78 is 0. The van der Waals surface area contributed by atoms with Gasteiger partial charge in [-0.15, -0.1) is 0 Å². The fraction of sp³-hybridized carbons (Fsp3) is 0.583. The molecular weight excluding hydrogens is 188 g/mol. The Kier molecular flexibility index (Phi) is 1.96. The summed E-state index contributed by atoms with van der Waals surface area (Å²) in [4.78, 5) is 4.57. The number of rotatable bonds is 2. The molecule has 0 radical (unpaired) electrons. The third-order valence-electron chi connectivity index (χ3n) is 3.64. The lowest BCUT2D eigenvalue weighted by Gasteiger charge is -2.25. The van der Waals surface area contributed by atoms with Gasteiger partial charge in [0.1, 0.15) is 5.82 Å². The molecule has 3 rings (SSSR count). The standard InChI is InChI=1S/C12H16N2O/c15-8-3-9-1-2-10-11(14-9)13-7-6-12(10)4-5-12/h1-2,15H,3-8H2,(H,13,14). The highest BCUT2D eigenvalue weighted by molar-refractivity contribution is 5.54. The monoisotopic (exact) mass is 204 g/mol. The van der Waals surface area contributed by atoms with Crippen LogP contribution in [0.5, 0.6) is 0 Å². The summed E-state index contributed by atoms with van der Waals surface area (Å²) in [6.07, 6.45) is 4.55. The smallest absolute Gasteiger partial charge is 0.130 e. The molecule has 2 aliphatic rings. The van der Waals surface area contributed by atoms with Crippen molar-refractivity contribution in [2.75, 3.05) is 18.5 Å². The number of aromatic nitrogens is 1. The topological polar surface area (TPSA) is 45.2 Å². The second-order valence-corrected chi connectivity index (χ2v) is 4.63. The van der Waals surface area contributed by atoms with Gasteiger partial charge in [-0.2, -0.15) is 0 Å². The first-order valence-electron chi connectivity index (χ1n) is 5.69. The maximum Gasteiger partial charge on any atom is 0.130 e. The average molecular weight is 204 g/mol. The van der Waals surface area contributed by atoms with Crippen LogP contribution in [0.3, 0.4) is 0 Å². The van der Waals surface area contributed by atoms with E-state index in [0.717, 1.165) is 18.1 Å². The molecule has 1 aromatic heterocycles. The van der Waals surface area contributed by atoms with Crippen molar-refractivity contribution in [3.05, 3.63) is 23.4 Å². The molecule has 80 valence electrons. The number of nitrogens with zero attached hydrogens (tertiary/aromatic N) is 1.